The highest BCUT2D eigenvalue weighted by Gasteiger charge is 2.23. The van der Waals surface area contributed by atoms with Gasteiger partial charge in [-0.2, -0.15) is 0 Å². The van der Waals surface area contributed by atoms with Crippen molar-refractivity contribution < 1.29 is 9.53 Å². The molecule has 1 aliphatic heterocycles. The van der Waals surface area contributed by atoms with E-state index in [-0.39, 0.29) is 12.5 Å². The molecule has 0 atom stereocenters. The van der Waals surface area contributed by atoms with Crippen molar-refractivity contribution in [2.75, 3.05) is 18.1 Å². The summed E-state index contributed by atoms with van der Waals surface area (Å²) in [5.41, 5.74) is 0.894. The Kier molecular flexibility index (Phi) is 5.53. The van der Waals surface area contributed by atoms with E-state index in [0.717, 1.165) is 24.4 Å². The van der Waals surface area contributed by atoms with Gasteiger partial charge >= 0.3 is 0 Å². The number of benzene rings is 1. The molecule has 0 bridgehead atoms. The first-order valence-electron chi connectivity index (χ1n) is 6.26. The van der Waals surface area contributed by atoms with Crippen LogP contribution in [0.4, 0.5) is 5.69 Å². The second-order valence-corrected chi connectivity index (χ2v) is 4.01. The Balaban J connectivity index is 0.000000437. The van der Waals surface area contributed by atoms with Gasteiger partial charge in [0.15, 0.2) is 6.61 Å². The molecular weight excluding hydrogens is 214 g/mol. The molecule has 0 N–H and O–H groups in total. The maximum Gasteiger partial charge on any atom is 0.265 e. The average molecular weight is 235 g/mol. The summed E-state index contributed by atoms with van der Waals surface area (Å²) in [7, 11) is 0. The second kappa shape index (κ2) is 6.94. The zero-order chi connectivity index (χ0) is 12.7. The minimum atomic E-state index is 0.0468. The summed E-state index contributed by atoms with van der Waals surface area (Å²) in [4.78, 5) is 13.3. The molecule has 3 heteroatoms. The van der Waals surface area contributed by atoms with Crippen LogP contribution in [0.15, 0.2) is 24.3 Å². The van der Waals surface area contributed by atoms with Gasteiger partial charge in [0, 0.05) is 6.54 Å². The quantitative estimate of drug-likeness (QED) is 0.787. The Hall–Kier alpha value is -1.51. The molecule has 1 heterocycles. The fourth-order valence-corrected chi connectivity index (χ4v) is 1.62. The number of para-hydroxylation sites is 2. The van der Waals surface area contributed by atoms with E-state index in [1.54, 1.807) is 4.90 Å². The molecule has 1 amide bonds. The van der Waals surface area contributed by atoms with Gasteiger partial charge in [0.25, 0.3) is 5.91 Å². The van der Waals surface area contributed by atoms with Crippen LogP contribution >= 0.6 is 0 Å². The second-order valence-electron chi connectivity index (χ2n) is 4.01. The monoisotopic (exact) mass is 235 g/mol. The Bertz CT molecular complexity index is 363. The fourth-order valence-electron chi connectivity index (χ4n) is 1.62. The molecule has 0 aromatic heterocycles. The van der Waals surface area contributed by atoms with E-state index in [1.807, 2.05) is 24.3 Å². The van der Waals surface area contributed by atoms with Crippen LogP contribution in [0.3, 0.4) is 0 Å². The van der Waals surface area contributed by atoms with Crippen molar-refractivity contribution in [3.63, 3.8) is 0 Å². The third kappa shape index (κ3) is 3.48. The summed E-state index contributed by atoms with van der Waals surface area (Å²) in [5.74, 6) is 0.853. The number of carbonyl (C=O) groups excluding carboxylic acids is 1. The molecule has 0 unspecified atom stereocenters. The number of nitrogens with zero attached hydrogens (tertiary/aromatic N) is 1. The van der Waals surface area contributed by atoms with Crippen LogP contribution in [0.1, 0.15) is 33.6 Å². The normalized spacial score (nSPS) is 13.4. The zero-order valence-corrected chi connectivity index (χ0v) is 10.9. The first kappa shape index (κ1) is 13.6. The molecule has 1 aromatic carbocycles. The van der Waals surface area contributed by atoms with Crippen LogP contribution in [-0.2, 0) is 4.79 Å². The number of ether oxygens (including phenoxy) is 1. The summed E-state index contributed by atoms with van der Waals surface area (Å²) in [6, 6.07) is 7.65. The molecule has 0 saturated heterocycles. The highest BCUT2D eigenvalue weighted by Crippen LogP contribution is 2.31. The third-order valence-electron chi connectivity index (χ3n) is 2.26. The Labute approximate surface area is 103 Å². The van der Waals surface area contributed by atoms with Crippen LogP contribution in [-0.4, -0.2) is 19.1 Å². The maximum atomic E-state index is 11.5. The van der Waals surface area contributed by atoms with Crippen LogP contribution in [0.2, 0.25) is 0 Å². The zero-order valence-electron chi connectivity index (χ0n) is 10.9. The van der Waals surface area contributed by atoms with Gasteiger partial charge in [-0.15, -0.1) is 0 Å². The van der Waals surface area contributed by atoms with Gasteiger partial charge in [-0.25, -0.2) is 0 Å². The van der Waals surface area contributed by atoms with Gasteiger partial charge in [0.05, 0.1) is 5.69 Å². The molecule has 1 aliphatic rings. The van der Waals surface area contributed by atoms with Gasteiger partial charge in [0.2, 0.25) is 0 Å². The van der Waals surface area contributed by atoms with E-state index in [1.165, 1.54) is 6.42 Å². The Morgan fingerprint density at radius 2 is 1.88 bits per heavy atom. The van der Waals surface area contributed by atoms with Crippen molar-refractivity contribution in [1.29, 1.82) is 0 Å². The number of hydrogen-bond acceptors (Lipinski definition) is 2. The first-order valence-corrected chi connectivity index (χ1v) is 6.26. The number of anilines is 1. The molecule has 17 heavy (non-hydrogen) atoms. The van der Waals surface area contributed by atoms with Gasteiger partial charge in [-0.1, -0.05) is 39.3 Å². The molecule has 0 saturated carbocycles. The van der Waals surface area contributed by atoms with Gasteiger partial charge in [-0.05, 0) is 18.6 Å². The standard InChI is InChI=1S/C11H13NO2.C3H8/c1-2-7-12-9-5-3-4-6-10(9)14-8-11(12)13;1-3-2/h3-6H,2,7-8H2,1H3;3H2,1-2H3. The molecule has 94 valence electrons. The number of amides is 1. The summed E-state index contributed by atoms with van der Waals surface area (Å²) in [5, 5.41) is 0. The van der Waals surface area contributed by atoms with Crippen molar-refractivity contribution in [2.24, 2.45) is 0 Å². The summed E-state index contributed by atoms with van der Waals surface area (Å²) >= 11 is 0. The summed E-state index contributed by atoms with van der Waals surface area (Å²) in [6.45, 7) is 7.24. The lowest BCUT2D eigenvalue weighted by atomic mass is 10.2. The Morgan fingerprint density at radius 1 is 1.24 bits per heavy atom. The van der Waals surface area contributed by atoms with Gasteiger partial charge in [-0.3, -0.25) is 4.79 Å². The summed E-state index contributed by atoms with van der Waals surface area (Å²) in [6.07, 6.45) is 2.21. The van der Waals surface area contributed by atoms with E-state index in [9.17, 15) is 4.79 Å². The fraction of sp³-hybridized carbons (Fsp3) is 0.500. The highest BCUT2D eigenvalue weighted by molar-refractivity contribution is 5.97. The first-order chi connectivity index (χ1) is 8.24. The predicted octanol–water partition coefficient (Wildman–Crippen LogP) is 3.24. The lowest BCUT2D eigenvalue weighted by Crippen LogP contribution is -2.39. The number of rotatable bonds is 2. The minimum Gasteiger partial charge on any atom is -0.482 e. The van der Waals surface area contributed by atoms with Crippen molar-refractivity contribution in [3.05, 3.63) is 24.3 Å². The highest BCUT2D eigenvalue weighted by atomic mass is 16.5. The maximum absolute atomic E-state index is 11.5. The van der Waals surface area contributed by atoms with E-state index in [4.69, 9.17) is 4.74 Å². The molecule has 0 spiro atoms. The topological polar surface area (TPSA) is 29.5 Å². The van der Waals surface area contributed by atoms with Crippen LogP contribution in [0, 0.1) is 0 Å². The van der Waals surface area contributed by atoms with Crippen molar-refractivity contribution in [1.82, 2.24) is 0 Å². The van der Waals surface area contributed by atoms with Crippen LogP contribution in [0.25, 0.3) is 0 Å². The molecule has 0 aliphatic carbocycles. The molecule has 3 nitrogen and oxygen atoms in total. The molecule has 2 rings (SSSR count). The van der Waals surface area contributed by atoms with Crippen LogP contribution < -0.4 is 9.64 Å². The van der Waals surface area contributed by atoms with Crippen molar-refractivity contribution in [3.8, 4) is 5.75 Å². The predicted molar refractivity (Wildman–Crippen MR) is 70.5 cm³/mol. The molecule has 0 fully saturated rings. The van der Waals surface area contributed by atoms with Crippen molar-refractivity contribution >= 4 is 11.6 Å². The smallest absolute Gasteiger partial charge is 0.265 e. The number of fused-ring (bicyclic) bond motifs is 1. The molecular formula is C14H21NO2. The largest absolute Gasteiger partial charge is 0.482 e. The minimum absolute atomic E-state index is 0.0468. The molecule has 1 aromatic rings. The number of hydrogen-bond donors (Lipinski definition) is 0. The van der Waals surface area contributed by atoms with E-state index in [0.29, 0.717) is 0 Å². The lowest BCUT2D eigenvalue weighted by molar-refractivity contribution is -0.121. The van der Waals surface area contributed by atoms with E-state index < -0.39 is 0 Å². The molecule has 0 radical (unpaired) electrons. The van der Waals surface area contributed by atoms with Crippen molar-refractivity contribution in [2.45, 2.75) is 33.6 Å². The van der Waals surface area contributed by atoms with Crippen LogP contribution in [0.5, 0.6) is 5.75 Å². The van der Waals surface area contributed by atoms with E-state index >= 15 is 0 Å². The third-order valence-corrected chi connectivity index (χ3v) is 2.26. The summed E-state index contributed by atoms with van der Waals surface area (Å²) < 4.78 is 5.32. The average Bonchev–Trinajstić information content (AvgIpc) is 2.34. The SMILES string of the molecule is CCC.CCCN1C(=O)COc2ccccc21. The number of carbonyl (C=O) groups is 1. The Morgan fingerprint density at radius 3 is 2.53 bits per heavy atom. The van der Waals surface area contributed by atoms with E-state index in [2.05, 4.69) is 20.8 Å². The van der Waals surface area contributed by atoms with Gasteiger partial charge in [0.1, 0.15) is 5.75 Å². The lowest BCUT2D eigenvalue weighted by Gasteiger charge is -2.28. The van der Waals surface area contributed by atoms with Gasteiger partial charge < -0.3 is 9.64 Å².